The van der Waals surface area contributed by atoms with Crippen LogP contribution in [-0.4, -0.2) is 18.4 Å². The van der Waals surface area contributed by atoms with Crippen LogP contribution in [0.1, 0.15) is 41.8 Å². The number of aryl methyl sites for hydroxylation is 1. The predicted octanol–water partition coefficient (Wildman–Crippen LogP) is 2.69. The fraction of sp³-hybridized carbons (Fsp3) is 0.467. The normalized spacial score (nSPS) is 21.8. The number of rotatable bonds is 3. The van der Waals surface area contributed by atoms with Crippen molar-refractivity contribution in [2.45, 2.75) is 33.6 Å². The molecule has 0 aromatic heterocycles. The number of carbonyl (C=O) groups excluding carboxylic acids is 2. The van der Waals surface area contributed by atoms with Gasteiger partial charge in [0.15, 0.2) is 5.78 Å². The van der Waals surface area contributed by atoms with E-state index in [0.717, 1.165) is 16.7 Å². The molecule has 1 aromatic rings. The monoisotopic (exact) mass is 246 g/mol. The van der Waals surface area contributed by atoms with Gasteiger partial charge in [0.2, 0.25) is 0 Å². The lowest BCUT2D eigenvalue weighted by Crippen LogP contribution is -2.31. The number of carbonyl (C=O) groups is 2. The molecule has 1 aliphatic rings. The highest BCUT2D eigenvalue weighted by Gasteiger charge is 2.42. The fourth-order valence-corrected chi connectivity index (χ4v) is 2.37. The third-order valence-corrected chi connectivity index (χ3v) is 3.47. The van der Waals surface area contributed by atoms with Crippen molar-refractivity contribution >= 4 is 11.8 Å². The highest BCUT2D eigenvalue weighted by molar-refractivity contribution is 6.05. The standard InChI is InChI=1S/C15H18O3/c1-4-13(16)18-9-15(3)8-11-7-10(2)5-6-12(11)14(15)17/h5-7H,4,8-9H2,1-3H3. The zero-order valence-electron chi connectivity index (χ0n) is 11.1. The van der Waals surface area contributed by atoms with Crippen LogP contribution in [0.5, 0.6) is 0 Å². The van der Waals surface area contributed by atoms with E-state index in [9.17, 15) is 9.59 Å². The molecule has 0 N–H and O–H groups in total. The number of ether oxygens (including phenoxy) is 1. The molecule has 18 heavy (non-hydrogen) atoms. The van der Waals surface area contributed by atoms with Crippen molar-refractivity contribution in [1.82, 2.24) is 0 Å². The van der Waals surface area contributed by atoms with E-state index in [1.165, 1.54) is 0 Å². The first-order valence-corrected chi connectivity index (χ1v) is 6.26. The van der Waals surface area contributed by atoms with Crippen LogP contribution in [0.2, 0.25) is 0 Å². The Labute approximate surface area is 107 Å². The third kappa shape index (κ3) is 2.17. The molecule has 0 heterocycles. The second-order valence-corrected chi connectivity index (χ2v) is 5.24. The Morgan fingerprint density at radius 2 is 2.17 bits per heavy atom. The molecule has 3 nitrogen and oxygen atoms in total. The third-order valence-electron chi connectivity index (χ3n) is 3.47. The summed E-state index contributed by atoms with van der Waals surface area (Å²) in [6.07, 6.45) is 0.996. The van der Waals surface area contributed by atoms with Crippen LogP contribution in [0.3, 0.4) is 0 Å². The minimum Gasteiger partial charge on any atom is -0.465 e. The van der Waals surface area contributed by atoms with Gasteiger partial charge in [-0.1, -0.05) is 30.7 Å². The highest BCUT2D eigenvalue weighted by atomic mass is 16.5. The van der Waals surface area contributed by atoms with E-state index in [4.69, 9.17) is 4.74 Å². The average molecular weight is 246 g/mol. The summed E-state index contributed by atoms with van der Waals surface area (Å²) in [5, 5.41) is 0. The number of Topliss-reactive ketones (excluding diaryl/α,β-unsaturated/α-hetero) is 1. The molecule has 0 radical (unpaired) electrons. The Kier molecular flexibility index (Phi) is 3.24. The molecule has 1 atom stereocenters. The second kappa shape index (κ2) is 4.56. The van der Waals surface area contributed by atoms with Gasteiger partial charge in [-0.2, -0.15) is 0 Å². The molecule has 0 fully saturated rings. The van der Waals surface area contributed by atoms with Gasteiger partial charge in [-0.25, -0.2) is 0 Å². The van der Waals surface area contributed by atoms with Gasteiger partial charge in [0.25, 0.3) is 0 Å². The molecule has 96 valence electrons. The first kappa shape index (κ1) is 12.8. The molecule has 0 saturated heterocycles. The molecule has 1 aromatic carbocycles. The van der Waals surface area contributed by atoms with Gasteiger partial charge < -0.3 is 4.74 Å². The maximum absolute atomic E-state index is 12.3. The fourth-order valence-electron chi connectivity index (χ4n) is 2.37. The van der Waals surface area contributed by atoms with Gasteiger partial charge in [-0.05, 0) is 25.8 Å². The van der Waals surface area contributed by atoms with Crippen molar-refractivity contribution in [1.29, 1.82) is 0 Å². The smallest absolute Gasteiger partial charge is 0.305 e. The van der Waals surface area contributed by atoms with Crippen LogP contribution in [-0.2, 0) is 16.0 Å². The van der Waals surface area contributed by atoms with Crippen LogP contribution in [0.4, 0.5) is 0 Å². The van der Waals surface area contributed by atoms with Crippen molar-refractivity contribution in [2.75, 3.05) is 6.61 Å². The SMILES string of the molecule is CCC(=O)OCC1(C)Cc2cc(C)ccc2C1=O. The highest BCUT2D eigenvalue weighted by Crippen LogP contribution is 2.37. The van der Waals surface area contributed by atoms with Gasteiger partial charge in [0.05, 0.1) is 5.41 Å². The van der Waals surface area contributed by atoms with Crippen LogP contribution < -0.4 is 0 Å². The molecule has 0 aliphatic heterocycles. The summed E-state index contributed by atoms with van der Waals surface area (Å²) in [7, 11) is 0. The van der Waals surface area contributed by atoms with Crippen molar-refractivity contribution in [2.24, 2.45) is 5.41 Å². The molecular weight excluding hydrogens is 228 g/mol. The van der Waals surface area contributed by atoms with Crippen molar-refractivity contribution in [3.8, 4) is 0 Å². The number of benzene rings is 1. The number of fused-ring (bicyclic) bond motifs is 1. The minimum absolute atomic E-state index is 0.0846. The Bertz CT molecular complexity index is 504. The maximum Gasteiger partial charge on any atom is 0.305 e. The van der Waals surface area contributed by atoms with Gasteiger partial charge >= 0.3 is 5.97 Å². The Balaban J connectivity index is 2.19. The van der Waals surface area contributed by atoms with Gasteiger partial charge in [0, 0.05) is 12.0 Å². The van der Waals surface area contributed by atoms with E-state index in [2.05, 4.69) is 0 Å². The Hall–Kier alpha value is -1.64. The van der Waals surface area contributed by atoms with Crippen molar-refractivity contribution in [3.05, 3.63) is 34.9 Å². The lowest BCUT2D eigenvalue weighted by molar-refractivity contribution is -0.145. The van der Waals surface area contributed by atoms with Crippen LogP contribution in [0.25, 0.3) is 0 Å². The summed E-state index contributed by atoms with van der Waals surface area (Å²) >= 11 is 0. The molecule has 1 aliphatic carbocycles. The average Bonchev–Trinajstić information content (AvgIpc) is 2.58. The number of hydrogen-bond acceptors (Lipinski definition) is 3. The summed E-state index contributed by atoms with van der Waals surface area (Å²) in [6, 6.07) is 5.86. The zero-order chi connectivity index (χ0) is 13.3. The van der Waals surface area contributed by atoms with E-state index < -0.39 is 5.41 Å². The molecule has 0 saturated carbocycles. The molecule has 0 bridgehead atoms. The minimum atomic E-state index is -0.596. The Morgan fingerprint density at radius 3 is 2.83 bits per heavy atom. The van der Waals surface area contributed by atoms with E-state index in [1.807, 2.05) is 32.0 Å². The van der Waals surface area contributed by atoms with Gasteiger partial charge in [-0.3, -0.25) is 9.59 Å². The number of esters is 1. The topological polar surface area (TPSA) is 43.4 Å². The molecule has 0 spiro atoms. The van der Waals surface area contributed by atoms with E-state index >= 15 is 0 Å². The second-order valence-electron chi connectivity index (χ2n) is 5.24. The van der Waals surface area contributed by atoms with Crippen LogP contribution >= 0.6 is 0 Å². The first-order chi connectivity index (χ1) is 8.46. The van der Waals surface area contributed by atoms with Gasteiger partial charge in [-0.15, -0.1) is 0 Å². The molecule has 0 amide bonds. The maximum atomic E-state index is 12.3. The number of ketones is 1. The molecule has 3 heteroatoms. The quantitative estimate of drug-likeness (QED) is 0.770. The van der Waals surface area contributed by atoms with Crippen LogP contribution in [0.15, 0.2) is 18.2 Å². The summed E-state index contributed by atoms with van der Waals surface area (Å²) in [4.78, 5) is 23.6. The Morgan fingerprint density at radius 1 is 1.44 bits per heavy atom. The van der Waals surface area contributed by atoms with Gasteiger partial charge in [0.1, 0.15) is 6.61 Å². The lowest BCUT2D eigenvalue weighted by atomic mass is 9.87. The summed E-state index contributed by atoms with van der Waals surface area (Å²) < 4.78 is 5.15. The van der Waals surface area contributed by atoms with Crippen LogP contribution in [0, 0.1) is 12.3 Å². The first-order valence-electron chi connectivity index (χ1n) is 6.26. The summed E-state index contributed by atoms with van der Waals surface area (Å²) in [5.41, 5.74) is 2.39. The zero-order valence-corrected chi connectivity index (χ0v) is 11.1. The molecule has 2 rings (SSSR count). The van der Waals surface area contributed by atoms with E-state index in [0.29, 0.717) is 12.8 Å². The lowest BCUT2D eigenvalue weighted by Gasteiger charge is -2.21. The largest absolute Gasteiger partial charge is 0.465 e. The number of hydrogen-bond donors (Lipinski definition) is 0. The predicted molar refractivity (Wildman–Crippen MR) is 68.6 cm³/mol. The van der Waals surface area contributed by atoms with Crippen molar-refractivity contribution < 1.29 is 14.3 Å². The van der Waals surface area contributed by atoms with E-state index in [-0.39, 0.29) is 18.4 Å². The molecular formula is C15H18O3. The van der Waals surface area contributed by atoms with E-state index in [1.54, 1.807) is 6.92 Å². The summed E-state index contributed by atoms with van der Waals surface area (Å²) in [5.74, 6) is -0.169. The molecule has 1 unspecified atom stereocenters. The summed E-state index contributed by atoms with van der Waals surface area (Å²) in [6.45, 7) is 5.80. The van der Waals surface area contributed by atoms with Crippen molar-refractivity contribution in [3.63, 3.8) is 0 Å².